The van der Waals surface area contributed by atoms with Gasteiger partial charge in [0.15, 0.2) is 5.79 Å². The number of hydrogen-bond acceptors (Lipinski definition) is 6. The van der Waals surface area contributed by atoms with Crippen LogP contribution in [0.5, 0.6) is 0 Å². The molecular formula is C27H27ClFN5O2. The van der Waals surface area contributed by atoms with E-state index in [-0.39, 0.29) is 40.8 Å². The molecule has 3 aromatic heterocycles. The number of benzene rings is 1. The van der Waals surface area contributed by atoms with Gasteiger partial charge >= 0.3 is 0 Å². The predicted octanol–water partition coefficient (Wildman–Crippen LogP) is 5.54. The molecular weight excluding hydrogens is 481 g/mol. The Morgan fingerprint density at radius 1 is 1.19 bits per heavy atom. The summed E-state index contributed by atoms with van der Waals surface area (Å²) in [6, 6.07) is 6.90. The normalized spacial score (nSPS) is 23.8. The van der Waals surface area contributed by atoms with Crippen molar-refractivity contribution >= 4 is 39.4 Å². The molecule has 2 N–H and O–H groups in total. The van der Waals surface area contributed by atoms with Crippen LogP contribution in [-0.4, -0.2) is 37.5 Å². The number of nitrogen functional groups attached to an aromatic ring is 1. The van der Waals surface area contributed by atoms with Crippen molar-refractivity contribution < 1.29 is 13.9 Å². The van der Waals surface area contributed by atoms with Gasteiger partial charge in [-0.25, -0.2) is 19.3 Å². The van der Waals surface area contributed by atoms with Crippen molar-refractivity contribution in [3.8, 4) is 0 Å². The van der Waals surface area contributed by atoms with Crippen molar-refractivity contribution in [2.75, 3.05) is 5.73 Å². The first-order valence-corrected chi connectivity index (χ1v) is 12.4. The molecule has 1 aliphatic carbocycles. The molecule has 186 valence electrons. The quantitative estimate of drug-likeness (QED) is 0.365. The van der Waals surface area contributed by atoms with Gasteiger partial charge in [-0.1, -0.05) is 24.6 Å². The number of aryl methyl sites for hydroxylation is 1. The maximum atomic E-state index is 14.9. The van der Waals surface area contributed by atoms with Crippen LogP contribution in [0.2, 0.25) is 5.02 Å². The fraction of sp³-hybridized carbons (Fsp3) is 0.370. The van der Waals surface area contributed by atoms with Gasteiger partial charge in [0.1, 0.15) is 35.8 Å². The first-order valence-electron chi connectivity index (χ1n) is 12.0. The van der Waals surface area contributed by atoms with Crippen molar-refractivity contribution in [3.63, 3.8) is 0 Å². The number of aromatic nitrogens is 4. The summed E-state index contributed by atoms with van der Waals surface area (Å²) in [5.41, 5.74) is 10.1. The van der Waals surface area contributed by atoms with Crippen LogP contribution < -0.4 is 5.73 Å². The first-order chi connectivity index (χ1) is 17.1. The third-order valence-electron chi connectivity index (χ3n) is 7.22. The molecule has 0 bridgehead atoms. The van der Waals surface area contributed by atoms with E-state index in [9.17, 15) is 4.39 Å². The van der Waals surface area contributed by atoms with Crippen LogP contribution in [0.25, 0.3) is 21.9 Å². The Morgan fingerprint density at radius 3 is 2.81 bits per heavy atom. The van der Waals surface area contributed by atoms with Gasteiger partial charge in [-0.15, -0.1) is 0 Å². The van der Waals surface area contributed by atoms with Crippen molar-refractivity contribution in [1.29, 1.82) is 0 Å². The number of fused-ring (bicyclic) bond motifs is 3. The molecule has 1 aliphatic heterocycles. The number of pyridine rings is 1. The van der Waals surface area contributed by atoms with Gasteiger partial charge in [0.2, 0.25) is 0 Å². The second-order valence-electron chi connectivity index (χ2n) is 10.2. The van der Waals surface area contributed by atoms with Gasteiger partial charge < -0.3 is 19.8 Å². The van der Waals surface area contributed by atoms with Crippen LogP contribution in [0.1, 0.15) is 38.1 Å². The third-order valence-corrected chi connectivity index (χ3v) is 7.52. The summed E-state index contributed by atoms with van der Waals surface area (Å²) in [6.07, 6.45) is 6.05. The number of nitrogens with zero attached hydrogens (tertiary/aromatic N) is 4. The molecule has 0 saturated carbocycles. The van der Waals surface area contributed by atoms with Crippen molar-refractivity contribution in [2.24, 2.45) is 5.92 Å². The average Bonchev–Trinajstić information content (AvgIpc) is 3.46. The Balaban J connectivity index is 1.36. The molecule has 7 nitrogen and oxygen atoms in total. The number of halogens is 2. The van der Waals surface area contributed by atoms with Crippen LogP contribution in [0, 0.1) is 18.7 Å². The predicted molar refractivity (Wildman–Crippen MR) is 137 cm³/mol. The van der Waals surface area contributed by atoms with E-state index in [1.165, 1.54) is 6.07 Å². The van der Waals surface area contributed by atoms with E-state index in [2.05, 4.69) is 32.5 Å². The van der Waals surface area contributed by atoms with E-state index in [4.69, 9.17) is 26.8 Å². The maximum Gasteiger partial charge on any atom is 0.164 e. The standard InChI is InChI=1S/C27H27ClFN5O2/c1-13(7-15-8-20(29)18-10-19(28)25(30)33-21(18)9-15)17-11-22(24-23(17)35-27(3,4)36-24)34-6-5-16-14(2)31-12-32-26(16)34/h5-6,8-13,22-24H,7H2,1-4H3,(H2,30,33)/t13?,22-,23-,24+/m1/s1. The average molecular weight is 508 g/mol. The number of rotatable bonds is 4. The van der Waals surface area contributed by atoms with Crippen LogP contribution in [0.4, 0.5) is 10.2 Å². The van der Waals surface area contributed by atoms with Crippen molar-refractivity contribution in [3.05, 3.63) is 70.5 Å². The van der Waals surface area contributed by atoms with Crippen molar-refractivity contribution in [2.45, 2.75) is 58.2 Å². The Kier molecular flexibility index (Phi) is 5.33. The van der Waals surface area contributed by atoms with E-state index < -0.39 is 5.79 Å². The van der Waals surface area contributed by atoms with Crippen LogP contribution in [0.3, 0.4) is 0 Å². The topological polar surface area (TPSA) is 88.1 Å². The lowest BCUT2D eigenvalue weighted by Crippen LogP contribution is -2.28. The van der Waals surface area contributed by atoms with Gasteiger partial charge in [-0.05, 0) is 68.5 Å². The fourth-order valence-electron chi connectivity index (χ4n) is 5.57. The summed E-state index contributed by atoms with van der Waals surface area (Å²) in [5.74, 6) is -0.818. The minimum Gasteiger partial charge on any atom is -0.382 e. The maximum absolute atomic E-state index is 14.9. The minimum absolute atomic E-state index is 0.0692. The highest BCUT2D eigenvalue weighted by molar-refractivity contribution is 6.33. The minimum atomic E-state index is -0.712. The molecule has 1 saturated heterocycles. The lowest BCUT2D eigenvalue weighted by molar-refractivity contribution is -0.148. The SMILES string of the molecule is Cc1ncnc2c1ccn2[C@@H]1C=C(C(C)Cc2cc(F)c3cc(Cl)c(N)nc3c2)[C@H]2OC(C)(C)O[C@H]21. The molecule has 0 amide bonds. The van der Waals surface area contributed by atoms with Gasteiger partial charge in [0, 0.05) is 17.0 Å². The van der Waals surface area contributed by atoms with Crippen molar-refractivity contribution in [1.82, 2.24) is 19.5 Å². The van der Waals surface area contributed by atoms with E-state index >= 15 is 0 Å². The largest absolute Gasteiger partial charge is 0.382 e. The van der Waals surface area contributed by atoms with Gasteiger partial charge in [0.25, 0.3) is 0 Å². The highest BCUT2D eigenvalue weighted by Gasteiger charge is 2.51. The Morgan fingerprint density at radius 2 is 2.00 bits per heavy atom. The molecule has 1 aromatic carbocycles. The van der Waals surface area contributed by atoms with Crippen LogP contribution >= 0.6 is 11.6 Å². The highest BCUT2D eigenvalue weighted by atomic mass is 35.5. The second kappa shape index (κ2) is 8.23. The van der Waals surface area contributed by atoms with E-state index in [1.807, 2.05) is 39.1 Å². The summed E-state index contributed by atoms with van der Waals surface area (Å²) in [6.45, 7) is 7.98. The summed E-state index contributed by atoms with van der Waals surface area (Å²) in [4.78, 5) is 13.2. The number of ether oxygens (including phenoxy) is 2. The lowest BCUT2D eigenvalue weighted by atomic mass is 9.91. The monoisotopic (exact) mass is 507 g/mol. The van der Waals surface area contributed by atoms with Gasteiger partial charge in [-0.2, -0.15) is 0 Å². The first kappa shape index (κ1) is 23.3. The molecule has 9 heteroatoms. The van der Waals surface area contributed by atoms with Gasteiger partial charge in [-0.3, -0.25) is 0 Å². The summed E-state index contributed by atoms with van der Waals surface area (Å²) < 4.78 is 29.8. The molecule has 1 fully saturated rings. The third kappa shape index (κ3) is 3.75. The zero-order valence-electron chi connectivity index (χ0n) is 20.5. The van der Waals surface area contributed by atoms with E-state index in [0.29, 0.717) is 17.3 Å². The van der Waals surface area contributed by atoms with Crippen LogP contribution in [0.15, 0.2) is 48.4 Å². The molecule has 2 aliphatic rings. The zero-order valence-corrected chi connectivity index (χ0v) is 21.3. The molecule has 4 heterocycles. The van der Waals surface area contributed by atoms with Crippen LogP contribution in [-0.2, 0) is 15.9 Å². The summed E-state index contributed by atoms with van der Waals surface area (Å²) in [7, 11) is 0. The Hall–Kier alpha value is -3.07. The lowest BCUT2D eigenvalue weighted by Gasteiger charge is -2.22. The molecule has 4 aromatic rings. The molecule has 36 heavy (non-hydrogen) atoms. The zero-order chi connectivity index (χ0) is 25.4. The molecule has 6 rings (SSSR count). The van der Waals surface area contributed by atoms with E-state index in [1.54, 1.807) is 12.4 Å². The fourth-order valence-corrected chi connectivity index (χ4v) is 5.72. The van der Waals surface area contributed by atoms with Gasteiger partial charge in [0.05, 0.1) is 22.3 Å². The smallest absolute Gasteiger partial charge is 0.164 e. The number of nitrogens with two attached hydrogens (primary N) is 1. The molecule has 1 unspecified atom stereocenters. The Bertz CT molecular complexity index is 1550. The van der Waals surface area contributed by atoms with E-state index in [0.717, 1.165) is 27.9 Å². The Labute approximate surface area is 213 Å². The molecule has 4 atom stereocenters. The summed E-state index contributed by atoms with van der Waals surface area (Å²) >= 11 is 6.05. The summed E-state index contributed by atoms with van der Waals surface area (Å²) in [5, 5.41) is 1.62. The molecule has 0 spiro atoms. The highest BCUT2D eigenvalue weighted by Crippen LogP contribution is 2.46. The number of anilines is 1. The second-order valence-corrected chi connectivity index (χ2v) is 10.6. The molecule has 0 radical (unpaired) electrons. The number of hydrogen-bond donors (Lipinski definition) is 1.